The normalized spacial score (nSPS) is 55.0. The lowest BCUT2D eigenvalue weighted by Gasteiger charge is -2.68. The van der Waals surface area contributed by atoms with Gasteiger partial charge in [-0.15, -0.1) is 0 Å². The Labute approximate surface area is 179 Å². The van der Waals surface area contributed by atoms with Crippen molar-refractivity contribution in [2.24, 2.45) is 34.5 Å². The smallest absolute Gasteiger partial charge is 0.348 e. The Morgan fingerprint density at radius 1 is 1.29 bits per heavy atom. The number of fused-ring (bicyclic) bond motifs is 1. The Morgan fingerprint density at radius 3 is 2.61 bits per heavy atom. The van der Waals surface area contributed by atoms with Crippen molar-refractivity contribution < 1.29 is 43.9 Å². The van der Waals surface area contributed by atoms with Gasteiger partial charge in [-0.25, -0.2) is 4.79 Å². The fourth-order valence-corrected chi connectivity index (χ4v) is 7.91. The summed E-state index contributed by atoms with van der Waals surface area (Å²) >= 11 is 0. The Bertz CT molecular complexity index is 913. The van der Waals surface area contributed by atoms with E-state index >= 15 is 0 Å². The van der Waals surface area contributed by atoms with Crippen LogP contribution in [0.1, 0.15) is 34.1 Å². The molecule has 2 unspecified atom stereocenters. The number of hydrogen-bond acceptors (Lipinski definition) is 9. The highest BCUT2D eigenvalue weighted by Gasteiger charge is 2.83. The van der Waals surface area contributed by atoms with E-state index in [1.165, 1.54) is 13.0 Å². The third-order valence-electron chi connectivity index (χ3n) is 8.92. The van der Waals surface area contributed by atoms with Crippen molar-refractivity contribution in [3.63, 3.8) is 0 Å². The van der Waals surface area contributed by atoms with Crippen molar-refractivity contribution in [3.8, 4) is 0 Å². The average Bonchev–Trinajstić information content (AvgIpc) is 2.97. The van der Waals surface area contributed by atoms with Crippen LogP contribution in [0.2, 0.25) is 0 Å². The molecule has 170 valence electrons. The number of aliphatic hydroxyl groups excluding tert-OH is 2. The van der Waals surface area contributed by atoms with Gasteiger partial charge in [-0.05, 0) is 31.3 Å². The molecule has 1 spiro atoms. The van der Waals surface area contributed by atoms with Crippen molar-refractivity contribution in [3.05, 3.63) is 11.6 Å². The van der Waals surface area contributed by atoms with Crippen LogP contribution in [-0.2, 0) is 28.6 Å². The monoisotopic (exact) mass is 436 g/mol. The van der Waals surface area contributed by atoms with Crippen molar-refractivity contribution in [1.29, 1.82) is 0 Å². The van der Waals surface area contributed by atoms with Gasteiger partial charge in [-0.2, -0.15) is 0 Å². The number of carbonyl (C=O) groups excluding carboxylic acids is 3. The molecule has 2 saturated carbocycles. The first-order valence-corrected chi connectivity index (χ1v) is 10.7. The van der Waals surface area contributed by atoms with E-state index in [9.17, 15) is 29.7 Å². The molecule has 0 aromatic heterocycles. The number of allylic oxidation sites excluding steroid dienone is 1. The summed E-state index contributed by atoms with van der Waals surface area (Å²) in [5, 5.41) is 34.0. The summed E-state index contributed by atoms with van der Waals surface area (Å²) in [5.41, 5.74) is -1.49. The first-order valence-electron chi connectivity index (χ1n) is 10.7. The molecule has 0 amide bonds. The van der Waals surface area contributed by atoms with Crippen LogP contribution in [-0.4, -0.2) is 69.9 Å². The average molecular weight is 436 g/mol. The predicted molar refractivity (Wildman–Crippen MR) is 102 cm³/mol. The van der Waals surface area contributed by atoms with Gasteiger partial charge in [0, 0.05) is 29.6 Å². The highest BCUT2D eigenvalue weighted by atomic mass is 16.7. The molecule has 0 aromatic rings. The molecule has 5 rings (SSSR count). The van der Waals surface area contributed by atoms with Crippen LogP contribution in [0.3, 0.4) is 0 Å². The fourth-order valence-electron chi connectivity index (χ4n) is 7.91. The van der Waals surface area contributed by atoms with Crippen molar-refractivity contribution in [2.45, 2.75) is 64.3 Å². The lowest BCUT2D eigenvalue weighted by atomic mass is 9.38. The van der Waals surface area contributed by atoms with Gasteiger partial charge in [0.25, 0.3) is 0 Å². The minimum absolute atomic E-state index is 0.0536. The van der Waals surface area contributed by atoms with E-state index in [4.69, 9.17) is 14.2 Å². The van der Waals surface area contributed by atoms with E-state index < -0.39 is 76.5 Å². The molecule has 2 heterocycles. The number of aliphatic hydroxyl groups is 3. The molecule has 3 aliphatic carbocycles. The molecule has 0 radical (unpaired) electrons. The number of esters is 2. The molecule has 9 heteroatoms. The van der Waals surface area contributed by atoms with Crippen molar-refractivity contribution >= 4 is 17.7 Å². The van der Waals surface area contributed by atoms with Crippen LogP contribution in [0.4, 0.5) is 0 Å². The number of hydrogen-bond donors (Lipinski definition) is 3. The maximum Gasteiger partial charge on any atom is 0.348 e. The highest BCUT2D eigenvalue weighted by Crippen LogP contribution is 2.73. The van der Waals surface area contributed by atoms with Crippen LogP contribution in [0.5, 0.6) is 0 Å². The summed E-state index contributed by atoms with van der Waals surface area (Å²) in [7, 11) is 0. The quantitative estimate of drug-likeness (QED) is 0.473. The summed E-state index contributed by atoms with van der Waals surface area (Å²) in [6.45, 7) is 6.33. The second-order valence-corrected chi connectivity index (χ2v) is 10.2. The van der Waals surface area contributed by atoms with Crippen LogP contribution < -0.4 is 0 Å². The predicted octanol–water partition coefficient (Wildman–Crippen LogP) is -0.292. The van der Waals surface area contributed by atoms with E-state index in [0.29, 0.717) is 6.42 Å². The zero-order valence-electron chi connectivity index (χ0n) is 17.9. The molecular weight excluding hydrogens is 408 g/mol. The largest absolute Gasteiger partial charge is 0.459 e. The molecule has 2 aliphatic heterocycles. The Kier molecular flexibility index (Phi) is 4.18. The van der Waals surface area contributed by atoms with E-state index in [1.807, 2.05) is 0 Å². The molecule has 11 atom stereocenters. The van der Waals surface area contributed by atoms with Gasteiger partial charge in [0.15, 0.2) is 11.6 Å². The lowest BCUT2D eigenvalue weighted by molar-refractivity contribution is -0.339. The second kappa shape index (κ2) is 6.15. The van der Waals surface area contributed by atoms with Crippen LogP contribution in [0, 0.1) is 34.5 Å². The van der Waals surface area contributed by atoms with Crippen molar-refractivity contribution in [1.82, 2.24) is 0 Å². The molecule has 2 saturated heterocycles. The maximum absolute atomic E-state index is 12.9. The van der Waals surface area contributed by atoms with Gasteiger partial charge in [-0.3, -0.25) is 9.59 Å². The maximum atomic E-state index is 12.9. The van der Waals surface area contributed by atoms with E-state index in [1.54, 1.807) is 20.8 Å². The van der Waals surface area contributed by atoms with E-state index in [0.717, 1.165) is 5.57 Å². The first kappa shape index (κ1) is 21.1. The van der Waals surface area contributed by atoms with Crippen LogP contribution in [0.25, 0.3) is 0 Å². The van der Waals surface area contributed by atoms with Gasteiger partial charge < -0.3 is 29.5 Å². The lowest BCUT2D eigenvalue weighted by Crippen LogP contribution is -2.78. The third kappa shape index (κ3) is 2.23. The van der Waals surface area contributed by atoms with E-state index in [-0.39, 0.29) is 12.5 Å². The number of ether oxygens (including phenoxy) is 3. The first-order chi connectivity index (χ1) is 14.4. The zero-order chi connectivity index (χ0) is 22.7. The minimum atomic E-state index is -2.05. The molecule has 0 aromatic carbocycles. The Morgan fingerprint density at radius 2 is 1.97 bits per heavy atom. The highest BCUT2D eigenvalue weighted by molar-refractivity contribution is 5.96. The summed E-state index contributed by atoms with van der Waals surface area (Å²) < 4.78 is 17.1. The minimum Gasteiger partial charge on any atom is -0.459 e. The van der Waals surface area contributed by atoms with Gasteiger partial charge in [0.05, 0.1) is 6.61 Å². The Hall–Kier alpha value is -1.81. The van der Waals surface area contributed by atoms with Crippen LogP contribution >= 0.6 is 0 Å². The van der Waals surface area contributed by atoms with Gasteiger partial charge in [0.2, 0.25) is 6.10 Å². The number of rotatable bonds is 1. The fraction of sp³-hybridized carbons (Fsp3) is 0.773. The molecule has 4 fully saturated rings. The molecule has 2 bridgehead atoms. The van der Waals surface area contributed by atoms with Crippen molar-refractivity contribution in [2.75, 3.05) is 6.61 Å². The summed E-state index contributed by atoms with van der Waals surface area (Å²) in [6.07, 6.45) is -3.09. The zero-order valence-corrected chi connectivity index (χ0v) is 17.9. The van der Waals surface area contributed by atoms with Gasteiger partial charge >= 0.3 is 11.9 Å². The number of ketones is 1. The summed E-state index contributed by atoms with van der Waals surface area (Å²) in [5.74, 6) is -6.57. The number of carbonyl (C=O) groups is 3. The Balaban J connectivity index is 1.76. The van der Waals surface area contributed by atoms with E-state index in [2.05, 4.69) is 0 Å². The second-order valence-electron chi connectivity index (χ2n) is 10.2. The molecule has 3 N–H and O–H groups in total. The third-order valence-corrected chi connectivity index (χ3v) is 8.92. The summed E-state index contributed by atoms with van der Waals surface area (Å²) in [4.78, 5) is 37.4. The SMILES string of the molecule is CC(=O)O[C@H]1C(=O)O[C@@H]2C[C@H]3C(C)=CC(=O)[C@@H](O)[C@]3(C)C3C4(O)OC[C@]32[C@@H]1[C@@H](C)[C@H]4O. The van der Waals surface area contributed by atoms with Crippen LogP contribution in [0.15, 0.2) is 11.6 Å². The molecule has 31 heavy (non-hydrogen) atoms. The molecule has 5 aliphatic rings. The topological polar surface area (TPSA) is 140 Å². The molecule has 9 nitrogen and oxygen atoms in total. The molecular formula is C22H28O9. The van der Waals surface area contributed by atoms with Gasteiger partial charge in [-0.1, -0.05) is 19.4 Å². The van der Waals surface area contributed by atoms with Gasteiger partial charge in [0.1, 0.15) is 18.3 Å². The standard InChI is InChI=1S/C22H28O9/c1-8-5-12(24)17(26)20(4)11(8)6-13-21-7-29-22(28,19(20)21)16(25)9(2)14(21)15(18(27)31-13)30-10(3)23/h5,9,11,13-17,19,25-26,28H,6-7H2,1-4H3/t9-,11+,13-,14-,15-,16-,17-,19?,20-,21+,22?/m1/s1. The summed E-state index contributed by atoms with van der Waals surface area (Å²) in [6, 6.07) is 0.